The molecule has 2 aromatic rings. The van der Waals surface area contributed by atoms with E-state index < -0.39 is 0 Å². The van der Waals surface area contributed by atoms with Gasteiger partial charge in [-0.15, -0.1) is 0 Å². The smallest absolute Gasteiger partial charge is 0.140 e. The Morgan fingerprint density at radius 1 is 1.14 bits per heavy atom. The van der Waals surface area contributed by atoms with Gasteiger partial charge in [-0.05, 0) is 57.4 Å². The van der Waals surface area contributed by atoms with Gasteiger partial charge in [-0.1, -0.05) is 23.8 Å². The van der Waals surface area contributed by atoms with Crippen LogP contribution in [-0.2, 0) is 6.42 Å². The fourth-order valence-electron chi connectivity index (χ4n) is 2.74. The summed E-state index contributed by atoms with van der Waals surface area (Å²) in [5.74, 6) is 1.94. The highest BCUT2D eigenvalue weighted by Crippen LogP contribution is 2.39. The molecule has 1 unspecified atom stereocenters. The van der Waals surface area contributed by atoms with Crippen molar-refractivity contribution in [2.75, 3.05) is 6.61 Å². The minimum atomic E-state index is -0.379. The van der Waals surface area contributed by atoms with E-state index in [0.717, 1.165) is 35.5 Å². The first-order valence-electron chi connectivity index (χ1n) is 7.67. The summed E-state index contributed by atoms with van der Waals surface area (Å²) >= 11 is 0. The second-order valence-corrected chi connectivity index (χ2v) is 6.35. The molecule has 0 bridgehead atoms. The molecule has 22 heavy (non-hydrogen) atoms. The molecule has 1 aliphatic rings. The Kier molecular flexibility index (Phi) is 3.73. The summed E-state index contributed by atoms with van der Waals surface area (Å²) in [6, 6.07) is 11.7. The van der Waals surface area contributed by atoms with Gasteiger partial charge in [-0.25, -0.2) is 0 Å². The van der Waals surface area contributed by atoms with Gasteiger partial charge in [0.15, 0.2) is 0 Å². The zero-order valence-electron chi connectivity index (χ0n) is 13.3. The number of phenolic OH excluding ortho intramolecular Hbond substituents is 1. The summed E-state index contributed by atoms with van der Waals surface area (Å²) in [6.07, 6.45) is 1.83. The van der Waals surface area contributed by atoms with Crippen molar-refractivity contribution in [1.29, 1.82) is 0 Å². The van der Waals surface area contributed by atoms with Gasteiger partial charge in [0.05, 0.1) is 0 Å². The predicted octanol–water partition coefficient (Wildman–Crippen LogP) is 4.17. The van der Waals surface area contributed by atoms with Gasteiger partial charge in [0.1, 0.15) is 29.5 Å². The van der Waals surface area contributed by atoms with E-state index >= 15 is 0 Å². The van der Waals surface area contributed by atoms with E-state index in [1.165, 1.54) is 5.56 Å². The van der Waals surface area contributed by atoms with E-state index in [-0.39, 0.29) is 11.4 Å². The quantitative estimate of drug-likeness (QED) is 0.924. The summed E-state index contributed by atoms with van der Waals surface area (Å²) in [5, 5.41) is 9.87. The number of phenols is 1. The molecule has 0 aromatic heterocycles. The number of fused-ring (bicyclic) bond motifs is 1. The molecule has 1 heterocycles. The van der Waals surface area contributed by atoms with Crippen LogP contribution in [0.4, 0.5) is 0 Å². The van der Waals surface area contributed by atoms with Crippen LogP contribution in [-0.4, -0.2) is 17.3 Å². The van der Waals surface area contributed by atoms with Gasteiger partial charge < -0.3 is 14.6 Å². The topological polar surface area (TPSA) is 38.7 Å². The molecular formula is C19H22O3. The Morgan fingerprint density at radius 2 is 1.86 bits per heavy atom. The lowest BCUT2D eigenvalue weighted by molar-refractivity contribution is 0.0167. The van der Waals surface area contributed by atoms with E-state index in [9.17, 15) is 5.11 Å². The first-order valence-corrected chi connectivity index (χ1v) is 7.67. The second kappa shape index (κ2) is 5.56. The third-order valence-electron chi connectivity index (χ3n) is 4.30. The largest absolute Gasteiger partial charge is 0.508 e. The number of aromatic hydroxyl groups is 1. The van der Waals surface area contributed by atoms with Crippen molar-refractivity contribution < 1.29 is 14.6 Å². The van der Waals surface area contributed by atoms with Crippen molar-refractivity contribution in [2.24, 2.45) is 0 Å². The highest BCUT2D eigenvalue weighted by Gasteiger charge is 2.33. The van der Waals surface area contributed by atoms with Gasteiger partial charge in [-0.3, -0.25) is 0 Å². The molecule has 0 aliphatic carbocycles. The summed E-state index contributed by atoms with van der Waals surface area (Å²) in [5.41, 5.74) is 2.80. The highest BCUT2D eigenvalue weighted by atomic mass is 16.5. The summed E-state index contributed by atoms with van der Waals surface area (Å²) in [7, 11) is 0. The number of hydrogen-bond acceptors (Lipinski definition) is 3. The number of hydrogen-bond donors (Lipinski definition) is 1. The zero-order chi connectivity index (χ0) is 15.7. The predicted molar refractivity (Wildman–Crippen MR) is 86.9 cm³/mol. The van der Waals surface area contributed by atoms with Gasteiger partial charge in [0.2, 0.25) is 0 Å². The van der Waals surface area contributed by atoms with Crippen molar-refractivity contribution in [2.45, 2.75) is 39.2 Å². The van der Waals surface area contributed by atoms with Crippen molar-refractivity contribution in [3.05, 3.63) is 53.1 Å². The van der Waals surface area contributed by atoms with Crippen molar-refractivity contribution in [3.8, 4) is 17.2 Å². The number of benzene rings is 2. The number of ether oxygens (including phenoxy) is 2. The van der Waals surface area contributed by atoms with Crippen LogP contribution in [0.1, 0.15) is 30.0 Å². The third-order valence-corrected chi connectivity index (χ3v) is 4.30. The Balaban J connectivity index is 1.74. The molecule has 3 heteroatoms. The molecule has 1 N–H and O–H groups in total. The average molecular weight is 298 g/mol. The van der Waals surface area contributed by atoms with Crippen molar-refractivity contribution in [3.63, 3.8) is 0 Å². The highest BCUT2D eigenvalue weighted by molar-refractivity contribution is 5.50. The average Bonchev–Trinajstić information content (AvgIpc) is 2.51. The molecule has 0 fully saturated rings. The third kappa shape index (κ3) is 2.89. The Morgan fingerprint density at radius 3 is 2.59 bits per heavy atom. The molecule has 0 amide bonds. The summed E-state index contributed by atoms with van der Waals surface area (Å²) in [6.45, 7) is 6.50. The van der Waals surface area contributed by atoms with E-state index in [2.05, 4.69) is 13.8 Å². The molecule has 0 radical (unpaired) electrons. The van der Waals surface area contributed by atoms with E-state index in [0.29, 0.717) is 6.61 Å². The molecule has 0 spiro atoms. The number of rotatable bonds is 3. The first-order chi connectivity index (χ1) is 10.5. The van der Waals surface area contributed by atoms with Crippen LogP contribution in [0.3, 0.4) is 0 Å². The van der Waals surface area contributed by atoms with Crippen LogP contribution in [0.2, 0.25) is 0 Å². The molecule has 2 aromatic carbocycles. The maximum Gasteiger partial charge on any atom is 0.140 e. The Labute approximate surface area is 131 Å². The van der Waals surface area contributed by atoms with Crippen LogP contribution in [0, 0.1) is 13.8 Å². The van der Waals surface area contributed by atoms with Crippen molar-refractivity contribution >= 4 is 0 Å². The lowest BCUT2D eigenvalue weighted by Crippen LogP contribution is -2.42. The molecule has 1 atom stereocenters. The molecule has 0 saturated carbocycles. The SMILES string of the molecule is Cc1ccc(OCC2(C)CCc3ccc(O)c(C)c3O2)cc1. The van der Waals surface area contributed by atoms with Gasteiger partial charge >= 0.3 is 0 Å². The molecular weight excluding hydrogens is 276 g/mol. The lowest BCUT2D eigenvalue weighted by Gasteiger charge is -2.36. The molecule has 3 nitrogen and oxygen atoms in total. The van der Waals surface area contributed by atoms with Gasteiger partial charge in [0, 0.05) is 5.56 Å². The molecule has 0 saturated heterocycles. The van der Waals surface area contributed by atoms with Gasteiger partial charge in [0.25, 0.3) is 0 Å². The minimum Gasteiger partial charge on any atom is -0.508 e. The Hall–Kier alpha value is -2.16. The fourth-order valence-corrected chi connectivity index (χ4v) is 2.74. The molecule has 1 aliphatic heterocycles. The number of aryl methyl sites for hydroxylation is 2. The van der Waals surface area contributed by atoms with E-state index in [1.54, 1.807) is 6.07 Å². The maximum absolute atomic E-state index is 9.87. The first kappa shape index (κ1) is 14.8. The molecule has 116 valence electrons. The standard InChI is InChI=1S/C19H22O3/c1-13-4-7-16(8-5-13)21-12-19(3)11-10-15-6-9-17(20)14(2)18(15)22-19/h4-9,20H,10-12H2,1-3H3. The second-order valence-electron chi connectivity index (χ2n) is 6.35. The van der Waals surface area contributed by atoms with E-state index in [1.807, 2.05) is 37.3 Å². The van der Waals surface area contributed by atoms with Crippen LogP contribution < -0.4 is 9.47 Å². The van der Waals surface area contributed by atoms with Crippen LogP contribution in [0.15, 0.2) is 36.4 Å². The monoisotopic (exact) mass is 298 g/mol. The van der Waals surface area contributed by atoms with Crippen molar-refractivity contribution in [1.82, 2.24) is 0 Å². The summed E-state index contributed by atoms with van der Waals surface area (Å²) < 4.78 is 12.1. The fraction of sp³-hybridized carbons (Fsp3) is 0.368. The minimum absolute atomic E-state index is 0.280. The zero-order valence-corrected chi connectivity index (χ0v) is 13.3. The Bertz CT molecular complexity index is 676. The van der Waals surface area contributed by atoms with Crippen LogP contribution >= 0.6 is 0 Å². The summed E-state index contributed by atoms with van der Waals surface area (Å²) in [4.78, 5) is 0. The maximum atomic E-state index is 9.87. The molecule has 3 rings (SSSR count). The normalized spacial score (nSPS) is 20.1. The van der Waals surface area contributed by atoms with Gasteiger partial charge in [-0.2, -0.15) is 0 Å². The van der Waals surface area contributed by atoms with Crippen LogP contribution in [0.5, 0.6) is 17.2 Å². The lowest BCUT2D eigenvalue weighted by atomic mass is 9.92. The van der Waals surface area contributed by atoms with E-state index in [4.69, 9.17) is 9.47 Å². The van der Waals surface area contributed by atoms with Crippen LogP contribution in [0.25, 0.3) is 0 Å².